The standard InChI is InChI=1S/C28H41NO7/c1-16(2)21-11-18-12-27(15-30)20-8-7-17(3)19(20)13-26(18,28(21,27)23(32)33)9-10-35-22(31)14-29-24(34)36-25(4,5)6/h11,15-20H,7-10,12-14H2,1-6H3,(H,29,34)(H,32,33)/t17-,18?,19?,20?,26?,27?,28?/m1/s1. The number of hydrogen-bond donors (Lipinski definition) is 2. The first-order valence-electron chi connectivity index (χ1n) is 13.3. The molecule has 4 aliphatic carbocycles. The van der Waals surface area contributed by atoms with Gasteiger partial charge in [-0.15, -0.1) is 0 Å². The fourth-order valence-corrected chi connectivity index (χ4v) is 8.69. The molecule has 3 saturated carbocycles. The number of carboxylic acid groups (broad SMARTS) is 1. The molecule has 0 heterocycles. The van der Waals surface area contributed by atoms with E-state index in [2.05, 4.69) is 18.3 Å². The summed E-state index contributed by atoms with van der Waals surface area (Å²) in [6, 6.07) is 0. The van der Waals surface area contributed by atoms with Crippen LogP contribution in [-0.4, -0.2) is 48.2 Å². The second kappa shape index (κ2) is 8.88. The van der Waals surface area contributed by atoms with Crippen LogP contribution in [-0.2, 0) is 23.9 Å². The Morgan fingerprint density at radius 2 is 1.92 bits per heavy atom. The van der Waals surface area contributed by atoms with E-state index in [1.165, 1.54) is 0 Å². The number of rotatable bonds is 8. The number of aldehydes is 1. The van der Waals surface area contributed by atoms with Crippen LogP contribution in [0.2, 0.25) is 0 Å². The van der Waals surface area contributed by atoms with Gasteiger partial charge in [0, 0.05) is 5.41 Å². The predicted molar refractivity (Wildman–Crippen MR) is 132 cm³/mol. The summed E-state index contributed by atoms with van der Waals surface area (Å²) in [6.45, 7) is 11.2. The van der Waals surface area contributed by atoms with Crippen molar-refractivity contribution in [2.24, 2.45) is 45.8 Å². The normalized spacial score (nSPS) is 38.4. The Balaban J connectivity index is 1.58. The number of aliphatic carboxylic acids is 1. The highest BCUT2D eigenvalue weighted by atomic mass is 16.6. The molecule has 0 spiro atoms. The Bertz CT molecular complexity index is 981. The van der Waals surface area contributed by atoms with E-state index in [4.69, 9.17) is 9.47 Å². The number of carbonyl (C=O) groups is 4. The predicted octanol–water partition coefficient (Wildman–Crippen LogP) is 4.37. The zero-order valence-corrected chi connectivity index (χ0v) is 22.4. The number of carbonyl (C=O) groups excluding carboxylic acids is 3. The van der Waals surface area contributed by atoms with E-state index < -0.39 is 39.9 Å². The molecule has 6 unspecified atom stereocenters. The highest BCUT2D eigenvalue weighted by Crippen LogP contribution is 2.83. The molecular weight excluding hydrogens is 462 g/mol. The van der Waals surface area contributed by atoms with E-state index in [9.17, 15) is 24.3 Å². The average Bonchev–Trinajstić information content (AvgIpc) is 3.34. The van der Waals surface area contributed by atoms with E-state index in [1.807, 2.05) is 13.8 Å². The minimum Gasteiger partial charge on any atom is -0.481 e. The average molecular weight is 504 g/mol. The number of allylic oxidation sites excluding steroid dienone is 1. The Hall–Kier alpha value is -2.38. The quantitative estimate of drug-likeness (QED) is 0.287. The van der Waals surface area contributed by atoms with Gasteiger partial charge in [-0.05, 0) is 76.0 Å². The van der Waals surface area contributed by atoms with Crippen molar-refractivity contribution >= 4 is 24.3 Å². The van der Waals surface area contributed by atoms with Crippen LogP contribution in [0, 0.1) is 45.8 Å². The van der Waals surface area contributed by atoms with Gasteiger partial charge in [-0.1, -0.05) is 38.8 Å². The summed E-state index contributed by atoms with van der Waals surface area (Å²) in [6.07, 6.45) is 5.99. The second-order valence-corrected chi connectivity index (χ2v) is 12.8. The molecular formula is C28H41NO7. The minimum atomic E-state index is -1.27. The first-order chi connectivity index (χ1) is 16.8. The maximum absolute atomic E-state index is 13.4. The zero-order chi connectivity index (χ0) is 26.7. The molecule has 200 valence electrons. The summed E-state index contributed by atoms with van der Waals surface area (Å²) in [5, 5.41) is 13.3. The van der Waals surface area contributed by atoms with Gasteiger partial charge < -0.3 is 24.7 Å². The molecule has 8 nitrogen and oxygen atoms in total. The molecule has 0 radical (unpaired) electrons. The summed E-state index contributed by atoms with van der Waals surface area (Å²) in [7, 11) is 0. The monoisotopic (exact) mass is 503 g/mol. The molecule has 8 heteroatoms. The van der Waals surface area contributed by atoms with Crippen molar-refractivity contribution in [2.75, 3.05) is 13.2 Å². The SMILES string of the molecule is CC(C)C1=CC2CC3(C=O)C4CC[C@@H](C)C4CC2(CCOC(=O)CNC(=O)OC(C)(C)C)C13C(=O)O. The number of carboxylic acids is 1. The van der Waals surface area contributed by atoms with Crippen molar-refractivity contribution in [2.45, 2.75) is 79.2 Å². The first-order valence-corrected chi connectivity index (χ1v) is 13.3. The number of amides is 1. The van der Waals surface area contributed by atoms with E-state index in [1.54, 1.807) is 20.8 Å². The van der Waals surface area contributed by atoms with Gasteiger partial charge in [0.25, 0.3) is 0 Å². The molecule has 7 atom stereocenters. The van der Waals surface area contributed by atoms with Crippen LogP contribution in [0.5, 0.6) is 0 Å². The van der Waals surface area contributed by atoms with E-state index in [0.717, 1.165) is 31.1 Å². The number of hydrogen-bond acceptors (Lipinski definition) is 6. The van der Waals surface area contributed by atoms with Gasteiger partial charge in [-0.2, -0.15) is 0 Å². The summed E-state index contributed by atoms with van der Waals surface area (Å²) in [4.78, 5) is 50.6. The molecule has 4 rings (SSSR count). The van der Waals surface area contributed by atoms with Crippen molar-refractivity contribution in [3.05, 3.63) is 11.6 Å². The van der Waals surface area contributed by atoms with Crippen LogP contribution in [0.25, 0.3) is 0 Å². The zero-order valence-electron chi connectivity index (χ0n) is 22.4. The van der Waals surface area contributed by atoms with Crippen LogP contribution in [0.3, 0.4) is 0 Å². The highest BCUT2D eigenvalue weighted by molar-refractivity contribution is 5.90. The summed E-state index contributed by atoms with van der Waals surface area (Å²) >= 11 is 0. The van der Waals surface area contributed by atoms with Gasteiger partial charge >= 0.3 is 18.0 Å². The van der Waals surface area contributed by atoms with E-state index in [-0.39, 0.29) is 36.8 Å². The van der Waals surface area contributed by atoms with Crippen molar-refractivity contribution in [3.8, 4) is 0 Å². The summed E-state index contributed by atoms with van der Waals surface area (Å²) in [5.74, 6) is -0.757. The van der Waals surface area contributed by atoms with Crippen molar-refractivity contribution in [1.82, 2.24) is 5.32 Å². The summed E-state index contributed by atoms with van der Waals surface area (Å²) < 4.78 is 10.7. The third kappa shape index (κ3) is 3.61. The fourth-order valence-electron chi connectivity index (χ4n) is 8.69. The Morgan fingerprint density at radius 3 is 2.50 bits per heavy atom. The summed E-state index contributed by atoms with van der Waals surface area (Å²) in [5.41, 5.74) is -2.67. The Labute approximate surface area is 213 Å². The number of nitrogens with one attached hydrogen (secondary N) is 1. The molecule has 0 aromatic rings. The maximum atomic E-state index is 13.4. The van der Waals surface area contributed by atoms with Crippen LogP contribution in [0.4, 0.5) is 4.79 Å². The van der Waals surface area contributed by atoms with Gasteiger partial charge in [-0.25, -0.2) is 4.79 Å². The van der Waals surface area contributed by atoms with Crippen LogP contribution in [0.15, 0.2) is 11.6 Å². The second-order valence-electron chi connectivity index (χ2n) is 12.8. The Morgan fingerprint density at radius 1 is 1.22 bits per heavy atom. The topological polar surface area (TPSA) is 119 Å². The van der Waals surface area contributed by atoms with Crippen LogP contribution in [0.1, 0.15) is 73.6 Å². The molecule has 1 amide bonds. The third-order valence-electron chi connectivity index (χ3n) is 9.71. The van der Waals surface area contributed by atoms with Gasteiger partial charge in [0.2, 0.25) is 0 Å². The van der Waals surface area contributed by atoms with Gasteiger partial charge in [0.1, 0.15) is 23.8 Å². The number of esters is 1. The Kier molecular flexibility index (Phi) is 6.58. The van der Waals surface area contributed by atoms with Crippen molar-refractivity contribution in [3.63, 3.8) is 0 Å². The first kappa shape index (κ1) is 26.7. The van der Waals surface area contributed by atoms with Crippen LogP contribution < -0.4 is 5.32 Å². The van der Waals surface area contributed by atoms with Gasteiger partial charge in [0.15, 0.2) is 0 Å². The van der Waals surface area contributed by atoms with Crippen LogP contribution >= 0.6 is 0 Å². The molecule has 0 aromatic carbocycles. The molecule has 4 bridgehead atoms. The van der Waals surface area contributed by atoms with Crippen molar-refractivity contribution in [1.29, 1.82) is 0 Å². The maximum Gasteiger partial charge on any atom is 0.408 e. The molecule has 36 heavy (non-hydrogen) atoms. The lowest BCUT2D eigenvalue weighted by molar-refractivity contribution is -0.182. The lowest BCUT2D eigenvalue weighted by atomic mass is 9.42. The molecule has 0 aromatic heterocycles. The smallest absolute Gasteiger partial charge is 0.408 e. The number of alkyl carbamates (subject to hydrolysis) is 1. The molecule has 0 aliphatic heterocycles. The highest BCUT2D eigenvalue weighted by Gasteiger charge is 2.83. The van der Waals surface area contributed by atoms with Gasteiger partial charge in [0.05, 0.1) is 12.0 Å². The molecule has 3 fully saturated rings. The largest absolute Gasteiger partial charge is 0.481 e. The van der Waals surface area contributed by atoms with E-state index in [0.29, 0.717) is 18.8 Å². The lowest BCUT2D eigenvalue weighted by Crippen LogP contribution is -2.62. The molecule has 0 saturated heterocycles. The molecule has 2 N–H and O–H groups in total. The minimum absolute atomic E-state index is 0.000977. The number of ether oxygens (including phenoxy) is 2. The van der Waals surface area contributed by atoms with E-state index >= 15 is 0 Å². The van der Waals surface area contributed by atoms with Gasteiger partial charge in [-0.3, -0.25) is 9.59 Å². The third-order valence-corrected chi connectivity index (χ3v) is 9.71. The fraction of sp³-hybridized carbons (Fsp3) is 0.786. The van der Waals surface area contributed by atoms with Crippen molar-refractivity contribution < 1.29 is 33.8 Å². The lowest BCUT2D eigenvalue weighted by Gasteiger charge is -2.58. The number of fused-ring (bicyclic) bond motifs is 2. The molecule has 4 aliphatic rings.